The summed E-state index contributed by atoms with van der Waals surface area (Å²) in [5.41, 5.74) is -0.880. The van der Waals surface area contributed by atoms with Crippen molar-refractivity contribution in [1.29, 1.82) is 0 Å². The van der Waals surface area contributed by atoms with Gasteiger partial charge in [0.15, 0.2) is 5.06 Å². The molecule has 8 heteroatoms. The van der Waals surface area contributed by atoms with Gasteiger partial charge in [0, 0.05) is 10.9 Å². The Labute approximate surface area is 114 Å². The number of carbonyl (C=O) groups is 2. The normalized spacial score (nSPS) is 8.33. The van der Waals surface area contributed by atoms with Crippen LogP contribution in [-0.2, 0) is 0 Å². The van der Waals surface area contributed by atoms with E-state index >= 15 is 0 Å². The molecule has 0 aliphatic rings. The van der Waals surface area contributed by atoms with Crippen LogP contribution in [0, 0.1) is 0 Å². The summed E-state index contributed by atoms with van der Waals surface area (Å²) in [7, 11) is 1.25. The second kappa shape index (κ2) is 7.00. The molecule has 0 unspecified atom stereocenters. The number of carbonyl (C=O) groups excluding carboxylic acids is 2. The molecule has 15 heavy (non-hydrogen) atoms. The Morgan fingerprint density at radius 2 is 1.80 bits per heavy atom. The van der Waals surface area contributed by atoms with Gasteiger partial charge in [0.25, 0.3) is 0 Å². The third-order valence-corrected chi connectivity index (χ3v) is 2.31. The number of carboxylic acids is 2. The third kappa shape index (κ3) is 3.60. The number of rotatable bonds is 3. The molecule has 0 aliphatic heterocycles. The number of thiophene rings is 1. The molecule has 70 valence electrons. The Balaban J connectivity index is 0. The fourth-order valence-electron chi connectivity index (χ4n) is 0.834. The van der Waals surface area contributed by atoms with Gasteiger partial charge in [0.1, 0.15) is 0 Å². The van der Waals surface area contributed by atoms with Crippen molar-refractivity contribution in [2.75, 3.05) is 7.11 Å². The van der Waals surface area contributed by atoms with Gasteiger partial charge in [0.05, 0.1) is 24.6 Å². The Hall–Kier alpha value is -0.365. The molecule has 0 bridgehead atoms. The molecule has 1 heterocycles. The van der Waals surface area contributed by atoms with Crippen molar-refractivity contribution in [1.82, 2.24) is 0 Å². The quantitative estimate of drug-likeness (QED) is 0.466. The van der Waals surface area contributed by atoms with Crippen LogP contribution in [0.15, 0.2) is 5.38 Å². The molecule has 0 N–H and O–H groups in total. The molecule has 0 fully saturated rings. The van der Waals surface area contributed by atoms with Crippen molar-refractivity contribution in [2.24, 2.45) is 0 Å². The fourth-order valence-corrected chi connectivity index (χ4v) is 1.68. The first kappa shape index (κ1) is 17.0. The van der Waals surface area contributed by atoms with Gasteiger partial charge in [-0.1, -0.05) is 0 Å². The van der Waals surface area contributed by atoms with E-state index in [-0.39, 0.29) is 42.8 Å². The van der Waals surface area contributed by atoms with Gasteiger partial charge >= 0.3 is 37.7 Å². The average Bonchev–Trinajstić information content (AvgIpc) is 2.46. The van der Waals surface area contributed by atoms with Crippen LogP contribution in [0.3, 0.4) is 0 Å². The first-order valence-corrected chi connectivity index (χ1v) is 4.04. The van der Waals surface area contributed by atoms with Gasteiger partial charge in [-0.05, 0) is 0 Å². The molecule has 1 aromatic heterocycles. The minimum Gasteiger partial charge on any atom is -0.545 e. The number of aromatic carboxylic acids is 2. The number of hydrogen-bond donors (Lipinski definition) is 0. The van der Waals surface area contributed by atoms with E-state index in [1.807, 2.05) is 0 Å². The van der Waals surface area contributed by atoms with Gasteiger partial charge in [-0.25, -0.2) is 0 Å². The predicted molar refractivity (Wildman–Crippen MR) is 39.5 cm³/mol. The van der Waals surface area contributed by atoms with Gasteiger partial charge in [-0.2, -0.15) is 0 Å². The first-order chi connectivity index (χ1) is 6.07. The van der Waals surface area contributed by atoms with Crippen molar-refractivity contribution in [3.8, 4) is 5.06 Å². The van der Waals surface area contributed by atoms with E-state index in [4.69, 9.17) is 0 Å². The summed E-state index contributed by atoms with van der Waals surface area (Å²) >= 11 is 0.869. The van der Waals surface area contributed by atoms with E-state index in [0.29, 0.717) is 0 Å². The molecular formula is C7H4Li2O5S. The van der Waals surface area contributed by atoms with Crippen molar-refractivity contribution in [3.63, 3.8) is 0 Å². The molecular weight excluding hydrogens is 210 g/mol. The molecule has 5 nitrogen and oxygen atoms in total. The average molecular weight is 214 g/mol. The maximum atomic E-state index is 10.5. The summed E-state index contributed by atoms with van der Waals surface area (Å²) in [6, 6.07) is 0. The van der Waals surface area contributed by atoms with E-state index < -0.39 is 23.1 Å². The number of hydrogen-bond acceptors (Lipinski definition) is 6. The zero-order valence-corrected chi connectivity index (χ0v) is 9.34. The Bertz CT molecular complexity index is 362. The molecule has 0 amide bonds. The van der Waals surface area contributed by atoms with Gasteiger partial charge < -0.3 is 24.5 Å². The van der Waals surface area contributed by atoms with Crippen LogP contribution in [-0.4, -0.2) is 19.0 Å². The number of ether oxygens (including phenoxy) is 1. The van der Waals surface area contributed by atoms with Crippen LogP contribution in [0.5, 0.6) is 5.06 Å². The van der Waals surface area contributed by atoms with Crippen LogP contribution in [0.1, 0.15) is 20.7 Å². The molecule has 0 saturated carbocycles. The molecule has 1 aromatic rings. The van der Waals surface area contributed by atoms with Crippen molar-refractivity contribution >= 4 is 23.3 Å². The van der Waals surface area contributed by atoms with Crippen LogP contribution < -0.4 is 52.7 Å². The van der Waals surface area contributed by atoms with Crippen LogP contribution in [0.2, 0.25) is 0 Å². The maximum absolute atomic E-state index is 10.5. The van der Waals surface area contributed by atoms with E-state index in [1.165, 1.54) is 7.11 Å². The van der Waals surface area contributed by atoms with E-state index in [1.54, 1.807) is 0 Å². The van der Waals surface area contributed by atoms with Gasteiger partial charge in [-0.15, -0.1) is 11.3 Å². The molecule has 0 radical (unpaired) electrons. The second-order valence-electron chi connectivity index (χ2n) is 2.09. The summed E-state index contributed by atoms with van der Waals surface area (Å²) in [6.45, 7) is 0. The summed E-state index contributed by atoms with van der Waals surface area (Å²) in [5, 5.41) is 22.0. The van der Waals surface area contributed by atoms with E-state index in [2.05, 4.69) is 4.74 Å². The predicted octanol–water partition coefficient (Wildman–Crippen LogP) is -7.51. The van der Waals surface area contributed by atoms with E-state index in [0.717, 1.165) is 16.7 Å². The Morgan fingerprint density at radius 1 is 1.27 bits per heavy atom. The maximum Gasteiger partial charge on any atom is 1.00 e. The van der Waals surface area contributed by atoms with Crippen molar-refractivity contribution in [3.05, 3.63) is 16.5 Å². The second-order valence-corrected chi connectivity index (χ2v) is 2.93. The minimum absolute atomic E-state index is 0. The monoisotopic (exact) mass is 214 g/mol. The van der Waals surface area contributed by atoms with Crippen molar-refractivity contribution in [2.45, 2.75) is 0 Å². The largest absolute Gasteiger partial charge is 1.00 e. The Kier molecular flexibility index (Phi) is 7.95. The first-order valence-electron chi connectivity index (χ1n) is 3.16. The van der Waals surface area contributed by atoms with Crippen LogP contribution >= 0.6 is 11.3 Å². The zero-order chi connectivity index (χ0) is 10.0. The summed E-state index contributed by atoms with van der Waals surface area (Å²) in [5.74, 6) is -3.14. The van der Waals surface area contributed by atoms with Crippen molar-refractivity contribution < 1.29 is 62.3 Å². The van der Waals surface area contributed by atoms with E-state index in [9.17, 15) is 19.8 Å². The molecule has 0 aromatic carbocycles. The van der Waals surface area contributed by atoms with Crippen LogP contribution in [0.25, 0.3) is 0 Å². The minimum atomic E-state index is -1.59. The standard InChI is InChI=1S/C7H6O5S.2Li/c1-12-7-4(6(10)11)3(2-13-7)5(8)9;;/h2H,1H3,(H,8,9)(H,10,11);;/q;2*+1/p-2. The van der Waals surface area contributed by atoms with Gasteiger partial charge in [0.2, 0.25) is 0 Å². The number of methoxy groups -OCH3 is 1. The topological polar surface area (TPSA) is 89.5 Å². The third-order valence-electron chi connectivity index (χ3n) is 1.37. The summed E-state index contributed by atoms with van der Waals surface area (Å²) in [6.07, 6.45) is 0. The SMILES string of the molecule is COc1scc(C(=O)[O-])c1C(=O)[O-].[Li+].[Li+]. The Morgan fingerprint density at radius 3 is 2.13 bits per heavy atom. The smallest absolute Gasteiger partial charge is 0.545 e. The molecule has 0 atom stereocenters. The number of carboxylic acid groups (broad SMARTS) is 2. The fraction of sp³-hybridized carbons (Fsp3) is 0.143. The molecule has 0 saturated heterocycles. The summed E-state index contributed by atoms with van der Waals surface area (Å²) in [4.78, 5) is 20.9. The molecule has 0 spiro atoms. The zero-order valence-electron chi connectivity index (χ0n) is 8.53. The molecule has 0 aliphatic carbocycles. The van der Waals surface area contributed by atoms with Gasteiger partial charge in [-0.3, -0.25) is 0 Å². The molecule has 1 rings (SSSR count). The summed E-state index contributed by atoms with van der Waals surface area (Å²) < 4.78 is 4.64. The van der Waals surface area contributed by atoms with Crippen LogP contribution in [0.4, 0.5) is 0 Å².